The van der Waals surface area contributed by atoms with Gasteiger partial charge in [-0.25, -0.2) is 4.79 Å². The van der Waals surface area contributed by atoms with Crippen molar-refractivity contribution in [3.05, 3.63) is 41.1 Å². The van der Waals surface area contributed by atoms with Crippen LogP contribution in [0.4, 0.5) is 0 Å². The summed E-state index contributed by atoms with van der Waals surface area (Å²) in [6.45, 7) is 8.33. The van der Waals surface area contributed by atoms with Crippen molar-refractivity contribution >= 4 is 25.8 Å². The Balaban J connectivity index is 1.87. The fourth-order valence-electron chi connectivity index (χ4n) is 4.84. The summed E-state index contributed by atoms with van der Waals surface area (Å²) in [7, 11) is -1.86. The van der Waals surface area contributed by atoms with Gasteiger partial charge in [-0.15, -0.1) is 0 Å². The molecule has 0 unspecified atom stereocenters. The quantitative estimate of drug-likeness (QED) is 0.473. The average Bonchev–Trinajstić information content (AvgIpc) is 3.07. The third-order valence-corrected chi connectivity index (χ3v) is 11.5. The van der Waals surface area contributed by atoms with Crippen LogP contribution in [-0.2, 0) is 20.6 Å². The van der Waals surface area contributed by atoms with Crippen LogP contribution in [0.25, 0.3) is 5.57 Å². The van der Waals surface area contributed by atoms with Crippen LogP contribution in [-0.4, -0.2) is 47.5 Å². The Morgan fingerprint density at radius 2 is 1.93 bits per heavy atom. The Bertz CT molecular complexity index is 824. The number of hydrogen-bond donors (Lipinski definition) is 2. The first-order chi connectivity index (χ1) is 13.8. The second-order valence-corrected chi connectivity index (χ2v) is 12.8. The minimum absolute atomic E-state index is 0.0727. The standard InChI is InChI=1S/C22H31NO5Si/c1-5-29(6-2,7-3)28-14(4)19-18-12-17(16-10-8-9-15(11-16)13-24)20(22(26)27)23(18)21(19)25/h8-11,14,18-19,24H,5-7,12-13H2,1-4H3,(H,26,27)/t14-,18-,19-/m1/s1. The number of carbonyl (C=O) groups excluding carboxylic acids is 1. The predicted octanol–water partition coefficient (Wildman–Crippen LogP) is 3.62. The van der Waals surface area contributed by atoms with Crippen molar-refractivity contribution in [2.24, 2.45) is 5.92 Å². The van der Waals surface area contributed by atoms with E-state index in [-0.39, 0.29) is 36.3 Å². The Kier molecular flexibility index (Phi) is 6.31. The highest BCUT2D eigenvalue weighted by Gasteiger charge is 2.57. The number of hydrogen-bond acceptors (Lipinski definition) is 4. The van der Waals surface area contributed by atoms with Crippen molar-refractivity contribution in [2.75, 3.05) is 0 Å². The van der Waals surface area contributed by atoms with Crippen LogP contribution in [0.5, 0.6) is 0 Å². The van der Waals surface area contributed by atoms with Gasteiger partial charge in [0.1, 0.15) is 5.70 Å². The highest BCUT2D eigenvalue weighted by molar-refractivity contribution is 6.73. The lowest BCUT2D eigenvalue weighted by atomic mass is 9.82. The lowest BCUT2D eigenvalue weighted by Gasteiger charge is -2.47. The van der Waals surface area contributed by atoms with E-state index in [1.807, 2.05) is 13.0 Å². The summed E-state index contributed by atoms with van der Waals surface area (Å²) in [6.07, 6.45) is 0.285. The van der Waals surface area contributed by atoms with Crippen LogP contribution in [0.15, 0.2) is 30.0 Å². The number of carboxylic acids is 1. The number of amides is 1. The molecule has 7 heteroatoms. The maximum Gasteiger partial charge on any atom is 0.352 e. The molecule has 0 aliphatic carbocycles. The molecule has 2 heterocycles. The summed E-state index contributed by atoms with van der Waals surface area (Å²) in [4.78, 5) is 26.4. The number of aliphatic hydroxyl groups excluding tert-OH is 1. The summed E-state index contributed by atoms with van der Waals surface area (Å²) in [5, 5.41) is 19.2. The van der Waals surface area contributed by atoms with Gasteiger partial charge >= 0.3 is 5.97 Å². The molecule has 1 saturated heterocycles. The van der Waals surface area contributed by atoms with E-state index >= 15 is 0 Å². The van der Waals surface area contributed by atoms with Crippen molar-refractivity contribution in [1.82, 2.24) is 4.90 Å². The van der Waals surface area contributed by atoms with Crippen LogP contribution in [0.1, 0.15) is 45.2 Å². The van der Waals surface area contributed by atoms with Crippen molar-refractivity contribution in [3.8, 4) is 0 Å². The van der Waals surface area contributed by atoms with E-state index < -0.39 is 14.3 Å². The average molecular weight is 418 g/mol. The Morgan fingerprint density at radius 3 is 2.48 bits per heavy atom. The van der Waals surface area contributed by atoms with Gasteiger partial charge in [-0.05, 0) is 54.2 Å². The van der Waals surface area contributed by atoms with Gasteiger partial charge in [0.25, 0.3) is 0 Å². The molecule has 158 valence electrons. The van der Waals surface area contributed by atoms with Crippen molar-refractivity contribution in [3.63, 3.8) is 0 Å². The number of nitrogens with zero attached hydrogens (tertiary/aromatic N) is 1. The van der Waals surface area contributed by atoms with Crippen LogP contribution in [0.2, 0.25) is 18.1 Å². The zero-order chi connectivity index (χ0) is 21.3. The van der Waals surface area contributed by atoms with Gasteiger partial charge in [0.15, 0.2) is 8.32 Å². The third-order valence-electron chi connectivity index (χ3n) is 6.74. The topological polar surface area (TPSA) is 87.1 Å². The van der Waals surface area contributed by atoms with Crippen LogP contribution in [0.3, 0.4) is 0 Å². The molecule has 0 aromatic heterocycles. The van der Waals surface area contributed by atoms with E-state index in [4.69, 9.17) is 4.43 Å². The molecule has 1 aromatic rings. The summed E-state index contributed by atoms with van der Waals surface area (Å²) >= 11 is 0. The van der Waals surface area contributed by atoms with Gasteiger partial charge in [-0.3, -0.25) is 4.79 Å². The van der Waals surface area contributed by atoms with Gasteiger partial charge in [0, 0.05) is 0 Å². The SMILES string of the molecule is CC[Si](CC)(CC)O[C@H](C)[C@H]1C(=O)N2C(C(=O)O)=C(c3cccc(CO)c3)C[C@H]12. The highest BCUT2D eigenvalue weighted by Crippen LogP contribution is 2.48. The molecule has 0 spiro atoms. The summed E-state index contributed by atoms with van der Waals surface area (Å²) in [6, 6.07) is 10.1. The van der Waals surface area contributed by atoms with E-state index in [1.165, 1.54) is 4.90 Å². The van der Waals surface area contributed by atoms with E-state index in [1.54, 1.807) is 18.2 Å². The van der Waals surface area contributed by atoms with Crippen LogP contribution >= 0.6 is 0 Å². The van der Waals surface area contributed by atoms with Gasteiger partial charge < -0.3 is 19.5 Å². The molecule has 3 rings (SSSR count). The number of benzene rings is 1. The molecule has 1 fully saturated rings. The van der Waals surface area contributed by atoms with Gasteiger partial charge in [-0.2, -0.15) is 0 Å². The number of carboxylic acid groups (broad SMARTS) is 1. The molecule has 3 atom stereocenters. The molecular formula is C22H31NO5Si. The molecule has 1 aromatic carbocycles. The lowest BCUT2D eigenvalue weighted by molar-refractivity contribution is -0.160. The zero-order valence-corrected chi connectivity index (χ0v) is 18.6. The first-order valence-electron chi connectivity index (χ1n) is 10.5. The molecule has 29 heavy (non-hydrogen) atoms. The maximum atomic E-state index is 13.0. The van der Waals surface area contributed by atoms with Gasteiger partial charge in [-0.1, -0.05) is 39.0 Å². The largest absolute Gasteiger partial charge is 0.477 e. The Hall–Kier alpha value is -1.96. The fraction of sp³-hybridized carbons (Fsp3) is 0.545. The minimum Gasteiger partial charge on any atom is -0.477 e. The smallest absolute Gasteiger partial charge is 0.352 e. The molecular weight excluding hydrogens is 386 g/mol. The molecule has 6 nitrogen and oxygen atoms in total. The molecule has 0 bridgehead atoms. The highest BCUT2D eigenvalue weighted by atomic mass is 28.4. The molecule has 2 N–H and O–H groups in total. The summed E-state index contributed by atoms with van der Waals surface area (Å²) < 4.78 is 6.53. The normalized spacial score (nSPS) is 22.5. The molecule has 2 aliphatic heterocycles. The number of aliphatic carboxylic acids is 1. The van der Waals surface area contributed by atoms with Crippen molar-refractivity contribution in [1.29, 1.82) is 0 Å². The number of β-lactam (4-membered cyclic amide) rings is 1. The number of carbonyl (C=O) groups is 2. The predicted molar refractivity (Wildman–Crippen MR) is 113 cm³/mol. The first-order valence-corrected chi connectivity index (χ1v) is 13.0. The minimum atomic E-state index is -1.86. The summed E-state index contributed by atoms with van der Waals surface area (Å²) in [5.74, 6) is -1.55. The fourth-order valence-corrected chi connectivity index (χ4v) is 7.77. The van der Waals surface area contributed by atoms with Gasteiger partial charge in [0.2, 0.25) is 5.91 Å². The van der Waals surface area contributed by atoms with E-state index in [0.717, 1.165) is 29.3 Å². The van der Waals surface area contributed by atoms with Crippen LogP contribution in [0, 0.1) is 5.92 Å². The molecule has 0 saturated carbocycles. The maximum absolute atomic E-state index is 13.0. The number of fused-ring (bicyclic) bond motifs is 1. The monoisotopic (exact) mass is 417 g/mol. The lowest BCUT2D eigenvalue weighted by Crippen LogP contribution is -2.63. The number of rotatable bonds is 9. The second kappa shape index (κ2) is 8.42. The number of aliphatic hydroxyl groups is 1. The van der Waals surface area contributed by atoms with E-state index in [9.17, 15) is 19.8 Å². The first kappa shape index (κ1) is 21.7. The summed E-state index contributed by atoms with van der Waals surface area (Å²) in [5.41, 5.74) is 2.20. The van der Waals surface area contributed by atoms with Crippen molar-refractivity contribution in [2.45, 2.75) is 71.0 Å². The molecule has 1 amide bonds. The zero-order valence-electron chi connectivity index (χ0n) is 17.6. The third kappa shape index (κ3) is 3.67. The Labute approximate surface area is 173 Å². The van der Waals surface area contributed by atoms with Crippen molar-refractivity contribution < 1.29 is 24.2 Å². The van der Waals surface area contributed by atoms with Gasteiger partial charge in [0.05, 0.1) is 24.7 Å². The van der Waals surface area contributed by atoms with Crippen LogP contribution < -0.4 is 0 Å². The molecule has 0 radical (unpaired) electrons. The Morgan fingerprint density at radius 1 is 1.28 bits per heavy atom. The van der Waals surface area contributed by atoms with E-state index in [2.05, 4.69) is 20.8 Å². The molecule has 2 aliphatic rings. The van der Waals surface area contributed by atoms with E-state index in [0.29, 0.717) is 12.0 Å². The second-order valence-electron chi connectivity index (χ2n) is 8.06.